The number of benzene rings is 2. The van der Waals surface area contributed by atoms with Crippen LogP contribution in [0.1, 0.15) is 29.8 Å². The first kappa shape index (κ1) is 24.0. The smallest absolute Gasteiger partial charge is 0.387 e. The molecule has 0 saturated heterocycles. The maximum absolute atomic E-state index is 13.8. The van der Waals surface area contributed by atoms with E-state index >= 15 is 0 Å². The van der Waals surface area contributed by atoms with Crippen molar-refractivity contribution >= 4 is 11.8 Å². The molecule has 31 heavy (non-hydrogen) atoms. The number of carbonyl (C=O) groups is 2. The Morgan fingerprint density at radius 1 is 1.03 bits per heavy atom. The molecule has 0 aliphatic heterocycles. The average Bonchev–Trinajstić information content (AvgIpc) is 2.70. The normalized spacial score (nSPS) is 11.9. The molecule has 1 atom stereocenters. The Labute approximate surface area is 176 Å². The molecule has 1 unspecified atom stereocenters. The standard InChI is InChI=1S/C21H22F4N2O4/c1-11(2)18(27-19(28)17-13(22)5-4-6-14(17)23)20(29)26-10-12-7-8-15(31-21(24)25)16(9-12)30-3/h4-9,11,18,21H,10H2,1-3H3,(H,26,29)(H,27,28). The molecule has 0 bridgehead atoms. The van der Waals surface area contributed by atoms with Crippen molar-refractivity contribution in [3.63, 3.8) is 0 Å². The Hall–Kier alpha value is -3.30. The number of rotatable bonds is 9. The molecule has 0 aliphatic carbocycles. The van der Waals surface area contributed by atoms with Crippen LogP contribution in [0.3, 0.4) is 0 Å². The molecule has 2 amide bonds. The van der Waals surface area contributed by atoms with Gasteiger partial charge < -0.3 is 20.1 Å². The number of carbonyl (C=O) groups excluding carboxylic acids is 2. The first-order valence-electron chi connectivity index (χ1n) is 9.28. The van der Waals surface area contributed by atoms with Gasteiger partial charge in [0.1, 0.15) is 23.2 Å². The van der Waals surface area contributed by atoms with Gasteiger partial charge in [0.15, 0.2) is 11.5 Å². The number of hydrogen-bond acceptors (Lipinski definition) is 4. The molecule has 2 aromatic carbocycles. The molecule has 0 spiro atoms. The van der Waals surface area contributed by atoms with Crippen LogP contribution in [-0.2, 0) is 11.3 Å². The van der Waals surface area contributed by atoms with Crippen LogP contribution in [-0.4, -0.2) is 31.6 Å². The Balaban J connectivity index is 2.08. The first-order valence-corrected chi connectivity index (χ1v) is 9.28. The maximum atomic E-state index is 13.8. The number of methoxy groups -OCH3 is 1. The molecule has 10 heteroatoms. The second kappa shape index (κ2) is 10.6. The first-order chi connectivity index (χ1) is 14.6. The summed E-state index contributed by atoms with van der Waals surface area (Å²) < 4.78 is 61.8. The fraction of sp³-hybridized carbons (Fsp3) is 0.333. The third-order valence-corrected chi connectivity index (χ3v) is 4.34. The monoisotopic (exact) mass is 442 g/mol. The number of alkyl halides is 2. The van der Waals surface area contributed by atoms with Crippen LogP contribution in [0.5, 0.6) is 11.5 Å². The molecule has 2 rings (SSSR count). The third-order valence-electron chi connectivity index (χ3n) is 4.34. The van der Waals surface area contributed by atoms with Gasteiger partial charge in [0.05, 0.1) is 7.11 Å². The maximum Gasteiger partial charge on any atom is 0.387 e. The van der Waals surface area contributed by atoms with Crippen LogP contribution < -0.4 is 20.1 Å². The number of halogens is 4. The summed E-state index contributed by atoms with van der Waals surface area (Å²) in [6, 6.07) is 6.08. The van der Waals surface area contributed by atoms with Crippen molar-refractivity contribution in [3.05, 3.63) is 59.2 Å². The highest BCUT2D eigenvalue weighted by Crippen LogP contribution is 2.29. The van der Waals surface area contributed by atoms with Crippen LogP contribution in [0.25, 0.3) is 0 Å². The van der Waals surface area contributed by atoms with E-state index in [1.54, 1.807) is 13.8 Å². The van der Waals surface area contributed by atoms with Crippen molar-refractivity contribution in [2.24, 2.45) is 5.92 Å². The van der Waals surface area contributed by atoms with E-state index in [0.29, 0.717) is 5.56 Å². The minimum Gasteiger partial charge on any atom is -0.493 e. The van der Waals surface area contributed by atoms with Crippen molar-refractivity contribution in [1.29, 1.82) is 0 Å². The summed E-state index contributed by atoms with van der Waals surface area (Å²) >= 11 is 0. The van der Waals surface area contributed by atoms with E-state index in [1.807, 2.05) is 0 Å². The summed E-state index contributed by atoms with van der Waals surface area (Å²) in [5, 5.41) is 4.94. The second-order valence-electron chi connectivity index (χ2n) is 6.87. The highest BCUT2D eigenvalue weighted by molar-refractivity contribution is 5.98. The van der Waals surface area contributed by atoms with E-state index in [9.17, 15) is 27.2 Å². The molecule has 0 heterocycles. The van der Waals surface area contributed by atoms with Crippen molar-refractivity contribution in [3.8, 4) is 11.5 Å². The van der Waals surface area contributed by atoms with Crippen LogP contribution in [0, 0.1) is 17.6 Å². The lowest BCUT2D eigenvalue weighted by Gasteiger charge is -2.22. The zero-order valence-corrected chi connectivity index (χ0v) is 17.0. The zero-order valence-electron chi connectivity index (χ0n) is 17.0. The predicted molar refractivity (Wildman–Crippen MR) is 104 cm³/mol. The minimum absolute atomic E-state index is 0.0166. The Kier molecular flexibility index (Phi) is 8.23. The SMILES string of the molecule is COc1cc(CNC(=O)C(NC(=O)c2c(F)cccc2F)C(C)C)ccc1OC(F)F. The van der Waals surface area contributed by atoms with Crippen LogP contribution in [0.2, 0.25) is 0 Å². The lowest BCUT2D eigenvalue weighted by Crippen LogP contribution is -2.49. The Bertz CT molecular complexity index is 917. The van der Waals surface area contributed by atoms with E-state index in [4.69, 9.17) is 4.74 Å². The number of ether oxygens (including phenoxy) is 2. The fourth-order valence-electron chi connectivity index (χ4n) is 2.78. The van der Waals surface area contributed by atoms with Gasteiger partial charge in [-0.1, -0.05) is 26.0 Å². The molecule has 2 aromatic rings. The lowest BCUT2D eigenvalue weighted by atomic mass is 10.0. The molecular weight excluding hydrogens is 420 g/mol. The van der Waals surface area contributed by atoms with Gasteiger partial charge in [0.2, 0.25) is 5.91 Å². The molecule has 2 N–H and O–H groups in total. The predicted octanol–water partition coefficient (Wildman–Crippen LogP) is 3.65. The van der Waals surface area contributed by atoms with E-state index in [-0.39, 0.29) is 18.0 Å². The van der Waals surface area contributed by atoms with Gasteiger partial charge in [-0.25, -0.2) is 8.78 Å². The van der Waals surface area contributed by atoms with Gasteiger partial charge in [-0.2, -0.15) is 8.78 Å². The van der Waals surface area contributed by atoms with Gasteiger partial charge in [-0.15, -0.1) is 0 Å². The Morgan fingerprint density at radius 3 is 2.23 bits per heavy atom. The molecule has 0 aliphatic rings. The number of nitrogens with one attached hydrogen (secondary N) is 2. The molecule has 0 fully saturated rings. The van der Waals surface area contributed by atoms with Crippen LogP contribution in [0.15, 0.2) is 36.4 Å². The quantitative estimate of drug-likeness (QED) is 0.582. The van der Waals surface area contributed by atoms with E-state index < -0.39 is 47.6 Å². The van der Waals surface area contributed by atoms with Gasteiger partial charge in [0.25, 0.3) is 5.91 Å². The largest absolute Gasteiger partial charge is 0.493 e. The molecule has 0 radical (unpaired) electrons. The van der Waals surface area contributed by atoms with Crippen molar-refractivity contribution in [2.75, 3.05) is 7.11 Å². The number of hydrogen-bond donors (Lipinski definition) is 2. The minimum atomic E-state index is -3.02. The van der Waals surface area contributed by atoms with Gasteiger partial charge >= 0.3 is 6.61 Å². The summed E-state index contributed by atoms with van der Waals surface area (Å²) in [4.78, 5) is 24.9. The molecule has 6 nitrogen and oxygen atoms in total. The molecule has 168 valence electrons. The van der Waals surface area contributed by atoms with E-state index in [1.165, 1.54) is 25.3 Å². The van der Waals surface area contributed by atoms with Crippen LogP contribution in [0.4, 0.5) is 17.6 Å². The zero-order chi connectivity index (χ0) is 23.1. The fourth-order valence-corrected chi connectivity index (χ4v) is 2.78. The molecular formula is C21H22F4N2O4. The van der Waals surface area contributed by atoms with E-state index in [0.717, 1.165) is 18.2 Å². The highest BCUT2D eigenvalue weighted by Gasteiger charge is 2.27. The third kappa shape index (κ3) is 6.34. The topological polar surface area (TPSA) is 76.7 Å². The van der Waals surface area contributed by atoms with Gasteiger partial charge in [-0.3, -0.25) is 9.59 Å². The van der Waals surface area contributed by atoms with Crippen LogP contribution >= 0.6 is 0 Å². The van der Waals surface area contributed by atoms with Gasteiger partial charge in [-0.05, 0) is 35.7 Å². The summed E-state index contributed by atoms with van der Waals surface area (Å²) in [6.07, 6.45) is 0. The molecule has 0 saturated carbocycles. The lowest BCUT2D eigenvalue weighted by molar-refractivity contribution is -0.124. The average molecular weight is 442 g/mol. The summed E-state index contributed by atoms with van der Waals surface area (Å²) in [7, 11) is 1.28. The van der Waals surface area contributed by atoms with Crippen molar-refractivity contribution in [2.45, 2.75) is 33.0 Å². The van der Waals surface area contributed by atoms with Crippen molar-refractivity contribution in [1.82, 2.24) is 10.6 Å². The molecule has 0 aromatic heterocycles. The van der Waals surface area contributed by atoms with E-state index in [2.05, 4.69) is 15.4 Å². The second-order valence-corrected chi connectivity index (χ2v) is 6.87. The summed E-state index contributed by atoms with van der Waals surface area (Å²) in [5.74, 6) is -4.23. The summed E-state index contributed by atoms with van der Waals surface area (Å²) in [6.45, 7) is 0.273. The summed E-state index contributed by atoms with van der Waals surface area (Å²) in [5.41, 5.74) is -0.263. The van der Waals surface area contributed by atoms with Gasteiger partial charge in [0, 0.05) is 6.54 Å². The van der Waals surface area contributed by atoms with Crippen molar-refractivity contribution < 1.29 is 36.6 Å². The highest BCUT2D eigenvalue weighted by atomic mass is 19.3. The number of amides is 2. The Morgan fingerprint density at radius 2 is 1.68 bits per heavy atom.